The second-order valence-electron chi connectivity index (χ2n) is 3.85. The third-order valence-corrected chi connectivity index (χ3v) is 3.58. The molecule has 2 rings (SSSR count). The fourth-order valence-electron chi connectivity index (χ4n) is 1.49. The molecule has 19 heavy (non-hydrogen) atoms. The van der Waals surface area contributed by atoms with Crippen molar-refractivity contribution < 1.29 is 4.39 Å². The SMILES string of the molecule is CCNc1ncc(F)c(NCc2ncc(CC)s2)n1. The van der Waals surface area contributed by atoms with Gasteiger partial charge in [0.25, 0.3) is 0 Å². The van der Waals surface area contributed by atoms with Gasteiger partial charge in [-0.3, -0.25) is 0 Å². The number of aryl methyl sites for hydroxylation is 1. The highest BCUT2D eigenvalue weighted by Gasteiger charge is 2.07. The minimum Gasteiger partial charge on any atom is -0.361 e. The molecular formula is C12H16FN5S. The van der Waals surface area contributed by atoms with Gasteiger partial charge in [0.05, 0.1) is 12.7 Å². The molecule has 0 aromatic carbocycles. The molecule has 0 spiro atoms. The van der Waals surface area contributed by atoms with E-state index < -0.39 is 5.82 Å². The predicted molar refractivity (Wildman–Crippen MR) is 75.0 cm³/mol. The maximum Gasteiger partial charge on any atom is 0.224 e. The molecule has 2 heterocycles. The molecule has 0 fully saturated rings. The number of thiazole rings is 1. The molecule has 0 atom stereocenters. The van der Waals surface area contributed by atoms with Gasteiger partial charge in [0.2, 0.25) is 5.95 Å². The number of halogens is 1. The molecule has 0 saturated carbocycles. The Bertz CT molecular complexity index is 543. The first kappa shape index (κ1) is 13.7. The minimum absolute atomic E-state index is 0.194. The van der Waals surface area contributed by atoms with Crippen molar-refractivity contribution in [1.29, 1.82) is 0 Å². The molecule has 0 saturated heterocycles. The van der Waals surface area contributed by atoms with Gasteiger partial charge in [-0.2, -0.15) is 4.98 Å². The van der Waals surface area contributed by atoms with Crippen molar-refractivity contribution in [3.8, 4) is 0 Å². The smallest absolute Gasteiger partial charge is 0.224 e. The molecule has 2 N–H and O–H groups in total. The van der Waals surface area contributed by atoms with Crippen LogP contribution in [0.4, 0.5) is 16.2 Å². The first-order valence-electron chi connectivity index (χ1n) is 6.16. The Morgan fingerprint density at radius 3 is 2.74 bits per heavy atom. The summed E-state index contributed by atoms with van der Waals surface area (Å²) in [6.07, 6.45) is 3.97. The van der Waals surface area contributed by atoms with Gasteiger partial charge in [-0.25, -0.2) is 14.4 Å². The van der Waals surface area contributed by atoms with Crippen molar-refractivity contribution in [3.63, 3.8) is 0 Å². The molecule has 0 bridgehead atoms. The van der Waals surface area contributed by atoms with Gasteiger partial charge in [-0.05, 0) is 13.3 Å². The molecular weight excluding hydrogens is 265 g/mol. The Labute approximate surface area is 115 Å². The van der Waals surface area contributed by atoms with Crippen LogP contribution < -0.4 is 10.6 Å². The zero-order chi connectivity index (χ0) is 13.7. The molecule has 0 aliphatic heterocycles. The quantitative estimate of drug-likeness (QED) is 0.852. The standard InChI is InChI=1S/C12H16FN5S/c1-3-8-5-15-10(19-8)7-16-11-9(13)6-17-12(18-11)14-4-2/h5-6H,3-4,7H2,1-2H3,(H2,14,16,17,18). The van der Waals surface area contributed by atoms with Crippen LogP contribution in [0.25, 0.3) is 0 Å². The van der Waals surface area contributed by atoms with E-state index in [0.29, 0.717) is 19.0 Å². The molecule has 2 aromatic heterocycles. The molecule has 5 nitrogen and oxygen atoms in total. The van der Waals surface area contributed by atoms with E-state index in [1.165, 1.54) is 4.88 Å². The molecule has 0 unspecified atom stereocenters. The molecule has 102 valence electrons. The zero-order valence-corrected chi connectivity index (χ0v) is 11.7. The minimum atomic E-state index is -0.464. The number of hydrogen-bond donors (Lipinski definition) is 2. The first-order valence-corrected chi connectivity index (χ1v) is 6.98. The normalized spacial score (nSPS) is 10.5. The van der Waals surface area contributed by atoms with Crippen molar-refractivity contribution in [2.24, 2.45) is 0 Å². The van der Waals surface area contributed by atoms with E-state index in [1.807, 2.05) is 13.1 Å². The van der Waals surface area contributed by atoms with Crippen LogP contribution in [-0.2, 0) is 13.0 Å². The summed E-state index contributed by atoms with van der Waals surface area (Å²) in [5.41, 5.74) is 0. The third kappa shape index (κ3) is 3.60. The van der Waals surface area contributed by atoms with Crippen LogP contribution in [0.15, 0.2) is 12.4 Å². The van der Waals surface area contributed by atoms with Crippen LogP contribution in [0.3, 0.4) is 0 Å². The van der Waals surface area contributed by atoms with Crippen molar-refractivity contribution in [3.05, 3.63) is 28.1 Å². The molecule has 7 heteroatoms. The highest BCUT2D eigenvalue weighted by Crippen LogP contribution is 2.16. The maximum atomic E-state index is 13.6. The average Bonchev–Trinajstić information content (AvgIpc) is 2.88. The van der Waals surface area contributed by atoms with E-state index in [1.54, 1.807) is 11.3 Å². The van der Waals surface area contributed by atoms with Crippen molar-refractivity contribution in [2.75, 3.05) is 17.2 Å². The van der Waals surface area contributed by atoms with Gasteiger partial charge in [0.1, 0.15) is 5.01 Å². The largest absolute Gasteiger partial charge is 0.361 e. The summed E-state index contributed by atoms with van der Waals surface area (Å²) in [5.74, 6) is 0.146. The van der Waals surface area contributed by atoms with Crippen molar-refractivity contribution in [2.45, 2.75) is 26.8 Å². The number of hydrogen-bond acceptors (Lipinski definition) is 6. The highest BCUT2D eigenvalue weighted by molar-refractivity contribution is 7.11. The van der Waals surface area contributed by atoms with Crippen LogP contribution in [0.5, 0.6) is 0 Å². The lowest BCUT2D eigenvalue weighted by molar-refractivity contribution is 0.617. The maximum absolute atomic E-state index is 13.6. The lowest BCUT2D eigenvalue weighted by atomic mass is 10.4. The van der Waals surface area contributed by atoms with Gasteiger partial charge in [-0.1, -0.05) is 6.92 Å². The van der Waals surface area contributed by atoms with Gasteiger partial charge in [0, 0.05) is 17.6 Å². The number of aromatic nitrogens is 3. The van der Waals surface area contributed by atoms with Crippen LogP contribution in [0, 0.1) is 5.82 Å². The Morgan fingerprint density at radius 2 is 2.05 bits per heavy atom. The molecule has 0 amide bonds. The fraction of sp³-hybridized carbons (Fsp3) is 0.417. The summed E-state index contributed by atoms with van der Waals surface area (Å²) in [7, 11) is 0. The number of rotatable bonds is 6. The van der Waals surface area contributed by atoms with E-state index in [9.17, 15) is 4.39 Å². The van der Waals surface area contributed by atoms with Gasteiger partial charge >= 0.3 is 0 Å². The van der Waals surface area contributed by atoms with E-state index in [2.05, 4.69) is 32.5 Å². The lowest BCUT2D eigenvalue weighted by Crippen LogP contribution is -2.08. The molecule has 0 aliphatic carbocycles. The monoisotopic (exact) mass is 281 g/mol. The average molecular weight is 281 g/mol. The van der Waals surface area contributed by atoms with Crippen LogP contribution in [-0.4, -0.2) is 21.5 Å². The summed E-state index contributed by atoms with van der Waals surface area (Å²) in [6, 6.07) is 0. The summed E-state index contributed by atoms with van der Waals surface area (Å²) in [4.78, 5) is 13.4. The molecule has 2 aromatic rings. The first-order chi connectivity index (χ1) is 9.22. The van der Waals surface area contributed by atoms with E-state index in [-0.39, 0.29) is 5.82 Å². The third-order valence-electron chi connectivity index (χ3n) is 2.44. The fourth-order valence-corrected chi connectivity index (χ4v) is 2.29. The van der Waals surface area contributed by atoms with E-state index in [0.717, 1.165) is 17.6 Å². The van der Waals surface area contributed by atoms with E-state index >= 15 is 0 Å². The summed E-state index contributed by atoms with van der Waals surface area (Å²) in [6.45, 7) is 5.17. The number of anilines is 2. The Balaban J connectivity index is 2.03. The van der Waals surface area contributed by atoms with Crippen molar-refractivity contribution in [1.82, 2.24) is 15.0 Å². The molecule has 0 radical (unpaired) electrons. The summed E-state index contributed by atoms with van der Waals surface area (Å²) >= 11 is 1.62. The predicted octanol–water partition coefficient (Wildman–Crippen LogP) is 2.68. The lowest BCUT2D eigenvalue weighted by Gasteiger charge is -2.07. The Hall–Kier alpha value is -1.76. The highest BCUT2D eigenvalue weighted by atomic mass is 32.1. The number of nitrogens with zero attached hydrogens (tertiary/aromatic N) is 3. The molecule has 0 aliphatic rings. The number of nitrogens with one attached hydrogen (secondary N) is 2. The second-order valence-corrected chi connectivity index (χ2v) is 5.05. The van der Waals surface area contributed by atoms with Crippen LogP contribution in [0.1, 0.15) is 23.7 Å². The second kappa shape index (κ2) is 6.42. The van der Waals surface area contributed by atoms with Crippen LogP contribution >= 0.6 is 11.3 Å². The van der Waals surface area contributed by atoms with Gasteiger partial charge < -0.3 is 10.6 Å². The van der Waals surface area contributed by atoms with Crippen LogP contribution in [0.2, 0.25) is 0 Å². The van der Waals surface area contributed by atoms with Gasteiger partial charge in [-0.15, -0.1) is 11.3 Å². The Morgan fingerprint density at radius 1 is 1.21 bits per heavy atom. The zero-order valence-electron chi connectivity index (χ0n) is 10.9. The van der Waals surface area contributed by atoms with Crippen molar-refractivity contribution >= 4 is 23.1 Å². The summed E-state index contributed by atoms with van der Waals surface area (Å²) in [5, 5.41) is 6.81. The topological polar surface area (TPSA) is 62.7 Å². The van der Waals surface area contributed by atoms with Gasteiger partial charge in [0.15, 0.2) is 11.6 Å². The Kier molecular flexibility index (Phi) is 4.62. The summed E-state index contributed by atoms with van der Waals surface area (Å²) < 4.78 is 13.6. The van der Waals surface area contributed by atoms with E-state index in [4.69, 9.17) is 0 Å².